The largest absolute Gasteiger partial charge is 0.497 e. The van der Waals surface area contributed by atoms with Crippen LogP contribution in [-0.4, -0.2) is 43.1 Å². The predicted octanol–water partition coefficient (Wildman–Crippen LogP) is 4.01. The molecule has 0 aliphatic heterocycles. The number of hydrogen-bond acceptors (Lipinski definition) is 8. The Morgan fingerprint density at radius 1 is 0.939 bits per heavy atom. The Labute approximate surface area is 190 Å². The van der Waals surface area contributed by atoms with E-state index >= 15 is 0 Å². The molecule has 2 N–H and O–H groups in total. The van der Waals surface area contributed by atoms with Crippen LogP contribution in [0.3, 0.4) is 0 Å². The van der Waals surface area contributed by atoms with Crippen molar-refractivity contribution in [2.24, 2.45) is 0 Å². The van der Waals surface area contributed by atoms with Crippen molar-refractivity contribution in [2.75, 3.05) is 24.3 Å². The highest BCUT2D eigenvalue weighted by Crippen LogP contribution is 2.24. The van der Waals surface area contributed by atoms with E-state index in [1.54, 1.807) is 32.0 Å². The Balaban J connectivity index is 1.45. The summed E-state index contributed by atoms with van der Waals surface area (Å²) in [5.41, 5.74) is 3.54. The van der Waals surface area contributed by atoms with E-state index in [-0.39, 0.29) is 0 Å². The van der Waals surface area contributed by atoms with Crippen LogP contribution in [0.15, 0.2) is 79.5 Å². The van der Waals surface area contributed by atoms with Gasteiger partial charge in [0.05, 0.1) is 13.3 Å². The fraction of sp³-hybridized carbons (Fsp3) is 0.125. The van der Waals surface area contributed by atoms with Gasteiger partial charge in [0, 0.05) is 24.6 Å². The highest BCUT2D eigenvalue weighted by Gasteiger charge is 2.15. The lowest BCUT2D eigenvalue weighted by molar-refractivity contribution is 0.414. The van der Waals surface area contributed by atoms with E-state index in [1.165, 1.54) is 5.56 Å². The highest BCUT2D eigenvalue weighted by atomic mass is 16.5. The van der Waals surface area contributed by atoms with Crippen LogP contribution in [0.2, 0.25) is 0 Å². The molecule has 0 radical (unpaired) electrons. The molecule has 9 heteroatoms. The first-order valence-electron chi connectivity index (χ1n) is 10.5. The molecule has 0 spiro atoms. The van der Waals surface area contributed by atoms with Crippen molar-refractivity contribution < 1.29 is 4.74 Å². The lowest BCUT2D eigenvalue weighted by Gasteiger charge is -2.11. The maximum Gasteiger partial charge on any atom is 0.232 e. The molecule has 9 nitrogen and oxygen atoms in total. The Morgan fingerprint density at radius 2 is 1.79 bits per heavy atom. The third kappa shape index (κ3) is 4.57. The molecule has 0 amide bonds. The average Bonchev–Trinajstić information content (AvgIpc) is 3.30. The van der Waals surface area contributed by atoms with Crippen molar-refractivity contribution in [3.05, 3.63) is 85.1 Å². The number of rotatable bonds is 8. The second kappa shape index (κ2) is 9.31. The molecule has 2 aromatic carbocycles. The third-order valence-electron chi connectivity index (χ3n) is 5.10. The van der Waals surface area contributed by atoms with Crippen LogP contribution in [0.4, 0.5) is 17.6 Å². The minimum absolute atomic E-state index is 0.410. The van der Waals surface area contributed by atoms with Crippen LogP contribution in [0.5, 0.6) is 5.75 Å². The van der Waals surface area contributed by atoms with E-state index in [4.69, 9.17) is 9.72 Å². The quantitative estimate of drug-likeness (QED) is 0.375. The molecule has 5 rings (SSSR count). The average molecular weight is 438 g/mol. The van der Waals surface area contributed by atoms with Gasteiger partial charge < -0.3 is 15.4 Å². The minimum Gasteiger partial charge on any atom is -0.497 e. The van der Waals surface area contributed by atoms with E-state index < -0.39 is 0 Å². The summed E-state index contributed by atoms with van der Waals surface area (Å²) in [5.74, 6) is 2.46. The molecule has 0 bridgehead atoms. The maximum absolute atomic E-state index is 5.23. The molecule has 0 aliphatic carbocycles. The summed E-state index contributed by atoms with van der Waals surface area (Å²) in [5, 5.41) is 6.56. The zero-order valence-corrected chi connectivity index (χ0v) is 18.0. The van der Waals surface area contributed by atoms with Gasteiger partial charge in [-0.2, -0.15) is 9.97 Å². The van der Waals surface area contributed by atoms with E-state index in [0.29, 0.717) is 35.3 Å². The van der Waals surface area contributed by atoms with E-state index in [1.807, 2.05) is 47.0 Å². The number of hydrogen-bond donors (Lipinski definition) is 2. The van der Waals surface area contributed by atoms with Gasteiger partial charge in [-0.15, -0.1) is 0 Å². The second-order valence-electron chi connectivity index (χ2n) is 7.26. The number of fused-ring (bicyclic) bond motifs is 1. The van der Waals surface area contributed by atoms with Gasteiger partial charge in [0.1, 0.15) is 12.1 Å². The van der Waals surface area contributed by atoms with E-state index in [0.717, 1.165) is 17.9 Å². The monoisotopic (exact) mass is 438 g/mol. The number of methoxy groups -OCH3 is 1. The smallest absolute Gasteiger partial charge is 0.232 e. The Kier molecular flexibility index (Phi) is 5.75. The van der Waals surface area contributed by atoms with E-state index in [9.17, 15) is 0 Å². The van der Waals surface area contributed by atoms with Crippen molar-refractivity contribution in [1.29, 1.82) is 0 Å². The van der Waals surface area contributed by atoms with Gasteiger partial charge in [0.25, 0.3) is 0 Å². The molecule has 0 aliphatic rings. The van der Waals surface area contributed by atoms with Crippen LogP contribution in [0, 0.1) is 0 Å². The lowest BCUT2D eigenvalue weighted by atomic mass is 10.1. The number of para-hydroxylation sites is 1. The van der Waals surface area contributed by atoms with Gasteiger partial charge in [-0.05, 0) is 36.2 Å². The zero-order chi connectivity index (χ0) is 22.5. The molecule has 5 aromatic rings. The van der Waals surface area contributed by atoms with Crippen molar-refractivity contribution in [2.45, 2.75) is 6.42 Å². The van der Waals surface area contributed by atoms with Crippen LogP contribution < -0.4 is 15.4 Å². The summed E-state index contributed by atoms with van der Waals surface area (Å²) >= 11 is 0. The van der Waals surface area contributed by atoms with E-state index in [2.05, 4.69) is 42.7 Å². The lowest BCUT2D eigenvalue weighted by Crippen LogP contribution is -2.10. The number of anilines is 3. The van der Waals surface area contributed by atoms with Crippen molar-refractivity contribution >= 4 is 28.7 Å². The molecule has 0 atom stereocenters. The third-order valence-corrected chi connectivity index (χ3v) is 5.10. The number of nitrogens with one attached hydrogen (secondary N) is 2. The second-order valence-corrected chi connectivity index (χ2v) is 7.26. The first-order valence-corrected chi connectivity index (χ1v) is 10.5. The number of ether oxygens (including phenoxy) is 1. The molecule has 0 saturated carbocycles. The fourth-order valence-electron chi connectivity index (χ4n) is 3.45. The van der Waals surface area contributed by atoms with Gasteiger partial charge in [-0.25, -0.2) is 9.97 Å². The Bertz CT molecular complexity index is 1340. The van der Waals surface area contributed by atoms with Crippen LogP contribution in [-0.2, 0) is 6.42 Å². The SMILES string of the molecule is COc1ccc(CCNc2nc(Nc3cnccn3)nc3c2ncn3-c2ccccc2)cc1. The van der Waals surface area contributed by atoms with Gasteiger partial charge in [0.15, 0.2) is 22.8 Å². The first-order chi connectivity index (χ1) is 16.3. The number of benzene rings is 2. The fourth-order valence-corrected chi connectivity index (χ4v) is 3.45. The summed E-state index contributed by atoms with van der Waals surface area (Å²) in [6.45, 7) is 0.682. The standard InChI is InChI=1S/C24H22N8O/c1-33-19-9-7-17(8-10-19)11-12-27-22-21-23(32(16-28-21)18-5-3-2-4-6-18)31-24(30-22)29-20-15-25-13-14-26-20/h2-10,13-16H,11-12H2,1H3,(H2,26,27,29,30,31). The predicted molar refractivity (Wildman–Crippen MR) is 127 cm³/mol. The highest BCUT2D eigenvalue weighted by molar-refractivity contribution is 5.85. The van der Waals surface area contributed by atoms with Crippen molar-refractivity contribution in [3.8, 4) is 11.4 Å². The summed E-state index contributed by atoms with van der Waals surface area (Å²) in [7, 11) is 1.66. The number of nitrogens with zero attached hydrogens (tertiary/aromatic N) is 6. The molecular formula is C24H22N8O. The van der Waals surface area contributed by atoms with Crippen LogP contribution in [0.25, 0.3) is 16.9 Å². The van der Waals surface area contributed by atoms with Gasteiger partial charge in [-0.1, -0.05) is 30.3 Å². The first kappa shape index (κ1) is 20.4. The summed E-state index contributed by atoms with van der Waals surface area (Å²) in [6, 6.07) is 18.0. The van der Waals surface area contributed by atoms with Gasteiger partial charge >= 0.3 is 0 Å². The molecule has 0 saturated heterocycles. The zero-order valence-electron chi connectivity index (χ0n) is 18.0. The molecule has 0 unspecified atom stereocenters. The Morgan fingerprint density at radius 3 is 2.55 bits per heavy atom. The molecule has 0 fully saturated rings. The van der Waals surface area contributed by atoms with Gasteiger partial charge in [-0.3, -0.25) is 9.55 Å². The van der Waals surface area contributed by atoms with Crippen LogP contribution in [0.1, 0.15) is 5.56 Å². The molecule has 33 heavy (non-hydrogen) atoms. The summed E-state index contributed by atoms with van der Waals surface area (Å²) < 4.78 is 7.17. The molecule has 164 valence electrons. The van der Waals surface area contributed by atoms with Gasteiger partial charge in [0.2, 0.25) is 5.95 Å². The summed E-state index contributed by atoms with van der Waals surface area (Å²) in [4.78, 5) is 22.3. The van der Waals surface area contributed by atoms with Crippen LogP contribution >= 0.6 is 0 Å². The van der Waals surface area contributed by atoms with Crippen molar-refractivity contribution in [3.63, 3.8) is 0 Å². The summed E-state index contributed by atoms with van der Waals surface area (Å²) in [6.07, 6.45) is 7.44. The molecule has 3 aromatic heterocycles. The Hall–Kier alpha value is -4.53. The number of imidazole rings is 1. The topological polar surface area (TPSA) is 103 Å². The molecular weight excluding hydrogens is 416 g/mol. The maximum atomic E-state index is 5.23. The van der Waals surface area contributed by atoms with Crippen molar-refractivity contribution in [1.82, 2.24) is 29.5 Å². The normalized spacial score (nSPS) is 10.8. The minimum atomic E-state index is 0.410. The molecule has 3 heterocycles. The number of aromatic nitrogens is 6.